The predicted octanol–water partition coefficient (Wildman–Crippen LogP) is 2.52. The molecule has 0 unspecified atom stereocenters. The van der Waals surface area contributed by atoms with E-state index in [0.29, 0.717) is 17.0 Å². The van der Waals surface area contributed by atoms with Crippen molar-refractivity contribution in [3.05, 3.63) is 33.8 Å². The van der Waals surface area contributed by atoms with Crippen LogP contribution >= 0.6 is 23.2 Å². The lowest BCUT2D eigenvalue weighted by Crippen LogP contribution is -2.24. The number of aliphatic carboxylic acids is 1. The van der Waals surface area contributed by atoms with Gasteiger partial charge in [0, 0.05) is 12.0 Å². The quantitative estimate of drug-likeness (QED) is 0.624. The number of amides is 1. The third-order valence-electron chi connectivity index (χ3n) is 1.98. The van der Waals surface area contributed by atoms with Gasteiger partial charge in [0.25, 0.3) is 5.91 Å². The number of nitrogens with one attached hydrogen (secondary N) is 1. The highest BCUT2D eigenvalue weighted by molar-refractivity contribution is 6.42. The average molecular weight is 292 g/mol. The first kappa shape index (κ1) is 14.8. The van der Waals surface area contributed by atoms with Crippen LogP contribution in [-0.4, -0.2) is 23.6 Å². The fourth-order valence-electron chi connectivity index (χ4n) is 1.11. The number of hydrogen-bond donors (Lipinski definition) is 2. The molecule has 0 saturated carbocycles. The molecule has 0 aliphatic heterocycles. The van der Waals surface area contributed by atoms with Gasteiger partial charge in [-0.1, -0.05) is 23.2 Å². The van der Waals surface area contributed by atoms with Gasteiger partial charge in [-0.15, -0.1) is 0 Å². The number of carboxylic acid groups (broad SMARTS) is 1. The van der Waals surface area contributed by atoms with E-state index >= 15 is 0 Å². The van der Waals surface area contributed by atoms with Crippen LogP contribution < -0.4 is 5.48 Å². The molecular weight excluding hydrogens is 281 g/mol. The van der Waals surface area contributed by atoms with E-state index in [0.717, 1.165) is 0 Å². The number of halogens is 2. The van der Waals surface area contributed by atoms with Crippen molar-refractivity contribution < 1.29 is 19.5 Å². The largest absolute Gasteiger partial charge is 0.481 e. The van der Waals surface area contributed by atoms with Gasteiger partial charge in [0.05, 0.1) is 16.7 Å². The third kappa shape index (κ3) is 4.91. The van der Waals surface area contributed by atoms with Crippen molar-refractivity contribution in [1.29, 1.82) is 0 Å². The van der Waals surface area contributed by atoms with Crippen molar-refractivity contribution >= 4 is 35.1 Å². The van der Waals surface area contributed by atoms with Gasteiger partial charge in [-0.3, -0.25) is 14.4 Å². The zero-order chi connectivity index (χ0) is 13.5. The Morgan fingerprint density at radius 2 is 2.00 bits per heavy atom. The van der Waals surface area contributed by atoms with Crippen molar-refractivity contribution in [3.8, 4) is 0 Å². The van der Waals surface area contributed by atoms with E-state index in [9.17, 15) is 9.59 Å². The van der Waals surface area contributed by atoms with Gasteiger partial charge in [0.2, 0.25) is 0 Å². The Hall–Kier alpha value is -1.30. The van der Waals surface area contributed by atoms with Gasteiger partial charge in [0.1, 0.15) is 0 Å². The summed E-state index contributed by atoms with van der Waals surface area (Å²) in [6.45, 7) is 0.124. The third-order valence-corrected chi connectivity index (χ3v) is 2.72. The Bertz CT molecular complexity index is 451. The lowest BCUT2D eigenvalue weighted by Gasteiger charge is -2.06. The Kier molecular flexibility index (Phi) is 5.91. The Labute approximate surface area is 114 Å². The van der Waals surface area contributed by atoms with Gasteiger partial charge < -0.3 is 5.11 Å². The summed E-state index contributed by atoms with van der Waals surface area (Å²) < 4.78 is 0. The van der Waals surface area contributed by atoms with E-state index in [2.05, 4.69) is 5.48 Å². The summed E-state index contributed by atoms with van der Waals surface area (Å²) in [6, 6.07) is 4.42. The van der Waals surface area contributed by atoms with Crippen LogP contribution in [0.2, 0.25) is 10.0 Å². The molecule has 1 aromatic rings. The summed E-state index contributed by atoms with van der Waals surface area (Å²) in [4.78, 5) is 26.6. The maximum Gasteiger partial charge on any atom is 0.303 e. The minimum absolute atomic E-state index is 0.0113. The summed E-state index contributed by atoms with van der Waals surface area (Å²) in [7, 11) is 0. The van der Waals surface area contributed by atoms with Crippen molar-refractivity contribution in [2.45, 2.75) is 12.8 Å². The van der Waals surface area contributed by atoms with Crippen molar-refractivity contribution in [2.75, 3.05) is 6.61 Å². The van der Waals surface area contributed by atoms with E-state index in [-0.39, 0.29) is 18.1 Å². The first-order valence-corrected chi connectivity index (χ1v) is 5.85. The molecule has 0 aliphatic rings. The Morgan fingerprint density at radius 1 is 1.28 bits per heavy atom. The van der Waals surface area contributed by atoms with E-state index < -0.39 is 11.9 Å². The topological polar surface area (TPSA) is 75.6 Å². The van der Waals surface area contributed by atoms with Crippen molar-refractivity contribution in [1.82, 2.24) is 5.48 Å². The second-order valence-electron chi connectivity index (χ2n) is 3.41. The number of rotatable bonds is 6. The van der Waals surface area contributed by atoms with Crippen LogP contribution in [-0.2, 0) is 9.63 Å². The minimum Gasteiger partial charge on any atom is -0.481 e. The normalized spacial score (nSPS) is 10.1. The lowest BCUT2D eigenvalue weighted by molar-refractivity contribution is -0.137. The first-order valence-electron chi connectivity index (χ1n) is 5.09. The molecular formula is C11H11Cl2NO4. The van der Waals surface area contributed by atoms with Crippen LogP contribution in [0.5, 0.6) is 0 Å². The molecule has 0 radical (unpaired) electrons. The van der Waals surface area contributed by atoms with E-state index in [1.54, 1.807) is 0 Å². The predicted molar refractivity (Wildman–Crippen MR) is 66.8 cm³/mol. The molecule has 0 aliphatic carbocycles. The van der Waals surface area contributed by atoms with Crippen LogP contribution in [0.1, 0.15) is 23.2 Å². The summed E-state index contributed by atoms with van der Waals surface area (Å²) in [6.07, 6.45) is 0.305. The molecule has 18 heavy (non-hydrogen) atoms. The first-order chi connectivity index (χ1) is 8.50. The molecule has 1 rings (SSSR count). The molecule has 2 N–H and O–H groups in total. The molecule has 0 saturated heterocycles. The molecule has 5 nitrogen and oxygen atoms in total. The second-order valence-corrected chi connectivity index (χ2v) is 4.22. The van der Waals surface area contributed by atoms with Gasteiger partial charge in [0.15, 0.2) is 0 Å². The van der Waals surface area contributed by atoms with Crippen LogP contribution in [0.15, 0.2) is 18.2 Å². The summed E-state index contributed by atoms with van der Waals surface area (Å²) in [5.41, 5.74) is 2.49. The van der Waals surface area contributed by atoms with Crippen LogP contribution in [0.4, 0.5) is 0 Å². The van der Waals surface area contributed by atoms with Gasteiger partial charge in [-0.2, -0.15) is 0 Å². The molecule has 0 aromatic heterocycles. The SMILES string of the molecule is O=C(O)CCCONC(=O)c1ccc(Cl)c(Cl)c1. The zero-order valence-corrected chi connectivity index (χ0v) is 10.8. The number of carbonyl (C=O) groups excluding carboxylic acids is 1. The highest BCUT2D eigenvalue weighted by Gasteiger charge is 2.08. The van der Waals surface area contributed by atoms with Crippen molar-refractivity contribution in [3.63, 3.8) is 0 Å². The minimum atomic E-state index is -0.908. The molecule has 1 aromatic carbocycles. The zero-order valence-electron chi connectivity index (χ0n) is 9.28. The molecule has 0 heterocycles. The maximum atomic E-state index is 11.6. The monoisotopic (exact) mass is 291 g/mol. The molecule has 98 valence electrons. The molecule has 0 fully saturated rings. The number of hydroxylamine groups is 1. The number of carboxylic acids is 1. The highest BCUT2D eigenvalue weighted by Crippen LogP contribution is 2.22. The molecule has 7 heteroatoms. The summed E-state index contributed by atoms with van der Waals surface area (Å²) >= 11 is 11.5. The summed E-state index contributed by atoms with van der Waals surface area (Å²) in [5.74, 6) is -1.38. The van der Waals surface area contributed by atoms with E-state index in [1.807, 2.05) is 0 Å². The van der Waals surface area contributed by atoms with Crippen LogP contribution in [0, 0.1) is 0 Å². The molecule has 0 bridgehead atoms. The molecule has 1 amide bonds. The fraction of sp³-hybridized carbons (Fsp3) is 0.273. The fourth-order valence-corrected chi connectivity index (χ4v) is 1.41. The van der Waals surface area contributed by atoms with E-state index in [4.69, 9.17) is 33.1 Å². The number of hydrogen-bond acceptors (Lipinski definition) is 3. The van der Waals surface area contributed by atoms with Gasteiger partial charge in [-0.25, -0.2) is 5.48 Å². The van der Waals surface area contributed by atoms with Crippen LogP contribution in [0.25, 0.3) is 0 Å². The Morgan fingerprint density at radius 3 is 2.61 bits per heavy atom. The van der Waals surface area contributed by atoms with Gasteiger partial charge >= 0.3 is 5.97 Å². The number of benzene rings is 1. The second kappa shape index (κ2) is 7.20. The maximum absolute atomic E-state index is 11.6. The smallest absolute Gasteiger partial charge is 0.303 e. The van der Waals surface area contributed by atoms with Crippen LogP contribution in [0.3, 0.4) is 0 Å². The van der Waals surface area contributed by atoms with E-state index in [1.165, 1.54) is 18.2 Å². The number of carbonyl (C=O) groups is 2. The molecule has 0 atom stereocenters. The molecule has 0 spiro atoms. The van der Waals surface area contributed by atoms with Gasteiger partial charge in [-0.05, 0) is 24.6 Å². The lowest BCUT2D eigenvalue weighted by atomic mass is 10.2. The standard InChI is InChI=1S/C11H11Cl2NO4/c12-8-4-3-7(6-9(8)13)11(17)14-18-5-1-2-10(15)16/h3-4,6H,1-2,5H2,(H,14,17)(H,15,16). The summed E-state index contributed by atoms with van der Waals surface area (Å²) in [5, 5.41) is 9.02. The Balaban J connectivity index is 2.36. The average Bonchev–Trinajstić information content (AvgIpc) is 2.31. The van der Waals surface area contributed by atoms with Crippen molar-refractivity contribution in [2.24, 2.45) is 0 Å². The highest BCUT2D eigenvalue weighted by atomic mass is 35.5.